The van der Waals surface area contributed by atoms with Gasteiger partial charge in [-0.3, -0.25) is 0 Å². The van der Waals surface area contributed by atoms with Crippen molar-refractivity contribution in [3.8, 4) is 0 Å². The van der Waals surface area contributed by atoms with E-state index in [1.165, 1.54) is 22.3 Å². The third kappa shape index (κ3) is 3.50. The molecule has 20 heavy (non-hydrogen) atoms. The predicted molar refractivity (Wildman–Crippen MR) is 90.2 cm³/mol. The van der Waals surface area contributed by atoms with Gasteiger partial charge in [-0.15, -0.1) is 0 Å². The number of hydrogen-bond acceptors (Lipinski definition) is 1. The molecule has 0 aliphatic carbocycles. The molecule has 0 saturated carbocycles. The van der Waals surface area contributed by atoms with E-state index < -0.39 is 0 Å². The lowest BCUT2D eigenvalue weighted by Gasteiger charge is -2.23. The zero-order valence-electron chi connectivity index (χ0n) is 12.4. The summed E-state index contributed by atoms with van der Waals surface area (Å²) in [7, 11) is 0. The highest BCUT2D eigenvalue weighted by Gasteiger charge is 2.17. The van der Waals surface area contributed by atoms with E-state index in [2.05, 4.69) is 84.5 Å². The molecule has 0 spiro atoms. The Hall–Kier alpha value is -1.12. The van der Waals surface area contributed by atoms with Crippen molar-refractivity contribution in [3.05, 3.63) is 69.2 Å². The molecular formula is C18H22BrN. The lowest BCUT2D eigenvalue weighted by Crippen LogP contribution is -2.24. The van der Waals surface area contributed by atoms with Gasteiger partial charge < -0.3 is 5.32 Å². The fourth-order valence-corrected chi connectivity index (χ4v) is 2.88. The van der Waals surface area contributed by atoms with E-state index in [1.54, 1.807) is 0 Å². The number of nitrogens with one attached hydrogen (secondary N) is 1. The Labute approximate surface area is 130 Å². The molecule has 0 aliphatic heterocycles. The second-order valence-corrected chi connectivity index (χ2v) is 6.16. The van der Waals surface area contributed by atoms with Crippen molar-refractivity contribution in [1.29, 1.82) is 0 Å². The van der Waals surface area contributed by atoms with Gasteiger partial charge in [-0.2, -0.15) is 0 Å². The molecule has 0 amide bonds. The second-order valence-electron chi connectivity index (χ2n) is 5.24. The highest BCUT2D eigenvalue weighted by molar-refractivity contribution is 9.10. The molecule has 0 radical (unpaired) electrons. The SMILES string of the molecule is CCCNC(c1ccc(Br)cc1)c1c(C)cccc1C. The van der Waals surface area contributed by atoms with E-state index in [1.807, 2.05) is 0 Å². The fourth-order valence-electron chi connectivity index (χ4n) is 2.61. The predicted octanol–water partition coefficient (Wildman–Crippen LogP) is 5.15. The van der Waals surface area contributed by atoms with E-state index in [-0.39, 0.29) is 6.04 Å². The molecule has 0 bridgehead atoms. The number of rotatable bonds is 5. The Kier molecular flexibility index (Phi) is 5.38. The summed E-state index contributed by atoms with van der Waals surface area (Å²) in [5, 5.41) is 3.69. The third-order valence-electron chi connectivity index (χ3n) is 3.63. The molecule has 0 aliphatic rings. The van der Waals surface area contributed by atoms with Crippen molar-refractivity contribution < 1.29 is 0 Å². The summed E-state index contributed by atoms with van der Waals surface area (Å²) in [6, 6.07) is 15.4. The molecule has 1 N–H and O–H groups in total. The Morgan fingerprint density at radius 1 is 1.00 bits per heavy atom. The molecule has 0 heterocycles. The molecule has 2 heteroatoms. The largest absolute Gasteiger partial charge is 0.306 e. The molecule has 2 aromatic carbocycles. The van der Waals surface area contributed by atoms with E-state index in [9.17, 15) is 0 Å². The molecule has 1 unspecified atom stereocenters. The van der Waals surface area contributed by atoms with Gasteiger partial charge in [0.25, 0.3) is 0 Å². The average Bonchev–Trinajstić information content (AvgIpc) is 2.43. The van der Waals surface area contributed by atoms with Crippen molar-refractivity contribution in [3.63, 3.8) is 0 Å². The van der Waals surface area contributed by atoms with E-state index in [0.29, 0.717) is 0 Å². The first-order valence-corrected chi connectivity index (χ1v) is 7.97. The maximum Gasteiger partial charge on any atom is 0.0581 e. The maximum absolute atomic E-state index is 3.69. The van der Waals surface area contributed by atoms with Gasteiger partial charge in [0.15, 0.2) is 0 Å². The van der Waals surface area contributed by atoms with E-state index in [0.717, 1.165) is 17.4 Å². The van der Waals surface area contributed by atoms with Gasteiger partial charge >= 0.3 is 0 Å². The summed E-state index contributed by atoms with van der Waals surface area (Å²) < 4.78 is 1.12. The molecule has 0 fully saturated rings. The van der Waals surface area contributed by atoms with Crippen LogP contribution in [0.3, 0.4) is 0 Å². The first kappa shape index (κ1) is 15.3. The van der Waals surface area contributed by atoms with Crippen molar-refractivity contribution in [1.82, 2.24) is 5.32 Å². The fraction of sp³-hybridized carbons (Fsp3) is 0.333. The van der Waals surface area contributed by atoms with E-state index >= 15 is 0 Å². The van der Waals surface area contributed by atoms with Crippen LogP contribution in [-0.4, -0.2) is 6.54 Å². The monoisotopic (exact) mass is 331 g/mol. The topological polar surface area (TPSA) is 12.0 Å². The van der Waals surface area contributed by atoms with Crippen LogP contribution < -0.4 is 5.32 Å². The van der Waals surface area contributed by atoms with Crippen LogP contribution in [0.4, 0.5) is 0 Å². The molecule has 1 nitrogen and oxygen atoms in total. The van der Waals surface area contributed by atoms with Gasteiger partial charge in [-0.1, -0.05) is 53.2 Å². The first-order chi connectivity index (χ1) is 9.63. The van der Waals surface area contributed by atoms with Crippen LogP contribution in [0, 0.1) is 13.8 Å². The number of halogens is 1. The lowest BCUT2D eigenvalue weighted by molar-refractivity contribution is 0.594. The normalized spacial score (nSPS) is 12.4. The molecular weight excluding hydrogens is 310 g/mol. The Morgan fingerprint density at radius 2 is 1.60 bits per heavy atom. The number of benzene rings is 2. The van der Waals surface area contributed by atoms with E-state index in [4.69, 9.17) is 0 Å². The van der Waals surface area contributed by atoms with Crippen molar-refractivity contribution in [2.45, 2.75) is 33.2 Å². The van der Waals surface area contributed by atoms with Crippen LogP contribution in [0.5, 0.6) is 0 Å². The first-order valence-electron chi connectivity index (χ1n) is 7.18. The summed E-state index contributed by atoms with van der Waals surface area (Å²) in [4.78, 5) is 0. The van der Waals surface area contributed by atoms with Crippen molar-refractivity contribution >= 4 is 15.9 Å². The summed E-state index contributed by atoms with van der Waals surface area (Å²) in [6.45, 7) is 7.62. The summed E-state index contributed by atoms with van der Waals surface area (Å²) >= 11 is 3.51. The van der Waals surface area contributed by atoms with Crippen LogP contribution in [0.1, 0.15) is 41.6 Å². The molecule has 0 saturated heterocycles. The van der Waals surface area contributed by atoms with Crippen molar-refractivity contribution in [2.24, 2.45) is 0 Å². The van der Waals surface area contributed by atoms with Crippen molar-refractivity contribution in [2.75, 3.05) is 6.54 Å². The summed E-state index contributed by atoms with van der Waals surface area (Å²) in [6.07, 6.45) is 1.14. The third-order valence-corrected chi connectivity index (χ3v) is 4.16. The quantitative estimate of drug-likeness (QED) is 0.798. The smallest absolute Gasteiger partial charge is 0.0581 e. The zero-order chi connectivity index (χ0) is 14.5. The summed E-state index contributed by atoms with van der Waals surface area (Å²) in [5.74, 6) is 0. The molecule has 2 rings (SSSR count). The average molecular weight is 332 g/mol. The minimum atomic E-state index is 0.268. The Morgan fingerprint density at radius 3 is 2.15 bits per heavy atom. The van der Waals surface area contributed by atoms with Gasteiger partial charge in [0, 0.05) is 4.47 Å². The van der Waals surface area contributed by atoms with Crippen LogP contribution >= 0.6 is 15.9 Å². The Bertz CT molecular complexity index is 540. The van der Waals surface area contributed by atoms with Gasteiger partial charge in [-0.05, 0) is 61.2 Å². The minimum Gasteiger partial charge on any atom is -0.306 e. The van der Waals surface area contributed by atoms with Gasteiger partial charge in [0.1, 0.15) is 0 Å². The summed E-state index contributed by atoms with van der Waals surface area (Å²) in [5.41, 5.74) is 5.42. The number of aryl methyl sites for hydroxylation is 2. The Balaban J connectivity index is 2.44. The zero-order valence-corrected chi connectivity index (χ0v) is 14.0. The second kappa shape index (κ2) is 7.05. The maximum atomic E-state index is 3.69. The lowest BCUT2D eigenvalue weighted by atomic mass is 9.91. The highest BCUT2D eigenvalue weighted by atomic mass is 79.9. The molecule has 106 valence electrons. The van der Waals surface area contributed by atoms with Crippen LogP contribution in [0.2, 0.25) is 0 Å². The highest BCUT2D eigenvalue weighted by Crippen LogP contribution is 2.28. The van der Waals surface area contributed by atoms with Gasteiger partial charge in [0.2, 0.25) is 0 Å². The van der Waals surface area contributed by atoms with Crippen LogP contribution in [0.25, 0.3) is 0 Å². The molecule has 2 aromatic rings. The minimum absolute atomic E-state index is 0.268. The van der Waals surface area contributed by atoms with Gasteiger partial charge in [0.05, 0.1) is 6.04 Å². The molecule has 1 atom stereocenters. The molecule has 0 aromatic heterocycles. The van der Waals surface area contributed by atoms with Crippen LogP contribution in [-0.2, 0) is 0 Å². The standard InChI is InChI=1S/C18H22BrN/c1-4-12-20-18(15-8-10-16(19)11-9-15)17-13(2)6-5-7-14(17)3/h5-11,18,20H,4,12H2,1-3H3. The number of hydrogen-bond donors (Lipinski definition) is 1. The van der Waals surface area contributed by atoms with Gasteiger partial charge in [-0.25, -0.2) is 0 Å². The van der Waals surface area contributed by atoms with Crippen LogP contribution in [0.15, 0.2) is 46.9 Å².